The van der Waals surface area contributed by atoms with Gasteiger partial charge in [-0.1, -0.05) is 54.1 Å². The minimum absolute atomic E-state index is 0.292. The van der Waals surface area contributed by atoms with Gasteiger partial charge in [0.15, 0.2) is 11.5 Å². The second kappa shape index (κ2) is 7.53. The first-order valence-electron chi connectivity index (χ1n) is 7.28. The lowest BCUT2D eigenvalue weighted by molar-refractivity contribution is -0.100. The van der Waals surface area contributed by atoms with Gasteiger partial charge in [0, 0.05) is 5.69 Å². The van der Waals surface area contributed by atoms with Gasteiger partial charge in [0.1, 0.15) is 0 Å². The van der Waals surface area contributed by atoms with Crippen LogP contribution in [0.3, 0.4) is 0 Å². The Hall–Kier alpha value is -2.98. The number of hydrogen-bond acceptors (Lipinski definition) is 3. The van der Waals surface area contributed by atoms with Crippen LogP contribution >= 0.6 is 11.6 Å². The highest BCUT2D eigenvalue weighted by Crippen LogP contribution is 2.26. The van der Waals surface area contributed by atoms with Crippen molar-refractivity contribution < 1.29 is 14.6 Å². The van der Waals surface area contributed by atoms with Crippen molar-refractivity contribution in [3.8, 4) is 11.5 Å². The van der Waals surface area contributed by atoms with E-state index in [1.165, 1.54) is 0 Å². The van der Waals surface area contributed by atoms with Crippen LogP contribution in [0.4, 0.5) is 5.69 Å². The first-order valence-corrected chi connectivity index (χ1v) is 7.66. The summed E-state index contributed by atoms with van der Waals surface area (Å²) in [6, 6.07) is 22.9. The van der Waals surface area contributed by atoms with Gasteiger partial charge in [0.2, 0.25) is 0 Å². The molecule has 5 heteroatoms. The Kier molecular flexibility index (Phi) is 4.99. The van der Waals surface area contributed by atoms with Crippen molar-refractivity contribution >= 4 is 23.2 Å². The SMILES string of the molecule is O=C(Nc1ccccc1)c1ccccc1OOc1ccccc1Cl. The van der Waals surface area contributed by atoms with Crippen molar-refractivity contribution in [1.82, 2.24) is 0 Å². The molecule has 0 radical (unpaired) electrons. The molecule has 0 aromatic heterocycles. The minimum Gasteiger partial charge on any atom is -0.322 e. The molecular weight excluding hydrogens is 326 g/mol. The zero-order chi connectivity index (χ0) is 16.8. The predicted molar refractivity (Wildman–Crippen MR) is 93.5 cm³/mol. The highest BCUT2D eigenvalue weighted by molar-refractivity contribution is 6.32. The summed E-state index contributed by atoms with van der Waals surface area (Å²) in [6.07, 6.45) is 0. The normalized spacial score (nSPS) is 10.0. The van der Waals surface area contributed by atoms with E-state index >= 15 is 0 Å². The number of rotatable bonds is 5. The number of halogens is 1. The third kappa shape index (κ3) is 3.86. The fourth-order valence-electron chi connectivity index (χ4n) is 2.05. The lowest BCUT2D eigenvalue weighted by atomic mass is 10.2. The summed E-state index contributed by atoms with van der Waals surface area (Å²) in [5.41, 5.74) is 1.05. The molecule has 0 aliphatic rings. The Balaban J connectivity index is 1.75. The van der Waals surface area contributed by atoms with Gasteiger partial charge in [0.25, 0.3) is 5.91 Å². The first-order chi connectivity index (χ1) is 11.7. The van der Waals surface area contributed by atoms with E-state index in [0.29, 0.717) is 27.8 Å². The molecule has 0 aliphatic carbocycles. The molecule has 0 spiro atoms. The Morgan fingerprint density at radius 1 is 0.750 bits per heavy atom. The van der Waals surface area contributed by atoms with E-state index in [1.54, 1.807) is 48.5 Å². The lowest BCUT2D eigenvalue weighted by Crippen LogP contribution is -2.14. The van der Waals surface area contributed by atoms with Gasteiger partial charge in [-0.15, -0.1) is 0 Å². The van der Waals surface area contributed by atoms with Gasteiger partial charge in [0.05, 0.1) is 10.6 Å². The summed E-state index contributed by atoms with van der Waals surface area (Å²) in [4.78, 5) is 23.0. The third-order valence-electron chi connectivity index (χ3n) is 3.22. The maximum atomic E-state index is 12.4. The van der Waals surface area contributed by atoms with Gasteiger partial charge in [-0.05, 0) is 36.4 Å². The number of hydrogen-bond donors (Lipinski definition) is 1. The zero-order valence-electron chi connectivity index (χ0n) is 12.6. The Morgan fingerprint density at radius 3 is 2.08 bits per heavy atom. The Morgan fingerprint density at radius 2 is 1.33 bits per heavy atom. The standard InChI is InChI=1S/C19H14ClNO3/c20-16-11-5-7-13-18(16)24-23-17-12-6-4-10-15(17)19(22)21-14-8-2-1-3-9-14/h1-13H,(H,21,22). The van der Waals surface area contributed by atoms with Crippen LogP contribution in [-0.2, 0) is 0 Å². The summed E-state index contributed by atoms with van der Waals surface area (Å²) in [6.45, 7) is 0. The van der Waals surface area contributed by atoms with Crippen LogP contribution in [0.1, 0.15) is 10.4 Å². The molecular formula is C19H14ClNO3. The van der Waals surface area contributed by atoms with Crippen molar-refractivity contribution in [1.29, 1.82) is 0 Å². The molecule has 0 fully saturated rings. The maximum absolute atomic E-state index is 12.4. The quantitative estimate of drug-likeness (QED) is 0.527. The average molecular weight is 340 g/mol. The molecule has 24 heavy (non-hydrogen) atoms. The summed E-state index contributed by atoms with van der Waals surface area (Å²) in [5.74, 6) is 0.378. The summed E-state index contributed by atoms with van der Waals surface area (Å²) < 4.78 is 0. The van der Waals surface area contributed by atoms with E-state index in [-0.39, 0.29) is 5.91 Å². The summed E-state index contributed by atoms with van der Waals surface area (Å²) in [7, 11) is 0. The molecule has 0 saturated heterocycles. The second-order valence-corrected chi connectivity index (χ2v) is 5.32. The third-order valence-corrected chi connectivity index (χ3v) is 3.53. The van der Waals surface area contributed by atoms with Gasteiger partial charge < -0.3 is 5.32 Å². The lowest BCUT2D eigenvalue weighted by Gasteiger charge is -2.11. The van der Waals surface area contributed by atoms with E-state index in [1.807, 2.05) is 30.3 Å². The largest absolute Gasteiger partial charge is 0.322 e. The molecule has 0 aliphatic heterocycles. The molecule has 1 amide bonds. The molecule has 0 atom stereocenters. The molecule has 0 saturated carbocycles. The van der Waals surface area contributed by atoms with Crippen LogP contribution in [0.25, 0.3) is 0 Å². The average Bonchev–Trinajstić information content (AvgIpc) is 2.62. The molecule has 0 bridgehead atoms. The van der Waals surface area contributed by atoms with Crippen LogP contribution in [0.2, 0.25) is 5.02 Å². The van der Waals surface area contributed by atoms with Gasteiger partial charge in [-0.25, -0.2) is 0 Å². The van der Waals surface area contributed by atoms with Crippen molar-refractivity contribution in [3.05, 3.63) is 89.4 Å². The number of benzene rings is 3. The molecule has 0 unspecified atom stereocenters. The van der Waals surface area contributed by atoms with E-state index in [2.05, 4.69) is 5.32 Å². The molecule has 3 aromatic rings. The highest BCUT2D eigenvalue weighted by Gasteiger charge is 2.14. The Bertz CT molecular complexity index is 837. The van der Waals surface area contributed by atoms with Gasteiger partial charge in [-0.3, -0.25) is 14.6 Å². The summed E-state index contributed by atoms with van der Waals surface area (Å²) in [5, 5.41) is 3.23. The molecule has 0 heterocycles. The van der Waals surface area contributed by atoms with E-state index in [0.717, 1.165) is 0 Å². The monoisotopic (exact) mass is 339 g/mol. The first kappa shape index (κ1) is 15.9. The van der Waals surface area contributed by atoms with Gasteiger partial charge >= 0.3 is 0 Å². The molecule has 120 valence electrons. The van der Waals surface area contributed by atoms with Crippen LogP contribution in [0.5, 0.6) is 11.5 Å². The van der Waals surface area contributed by atoms with Crippen LogP contribution in [-0.4, -0.2) is 5.91 Å². The van der Waals surface area contributed by atoms with Crippen LogP contribution in [0, 0.1) is 0 Å². The molecule has 1 N–H and O–H groups in total. The fraction of sp³-hybridized carbons (Fsp3) is 0. The fourth-order valence-corrected chi connectivity index (χ4v) is 2.22. The van der Waals surface area contributed by atoms with Crippen LogP contribution < -0.4 is 15.1 Å². The van der Waals surface area contributed by atoms with Crippen molar-refractivity contribution in [2.75, 3.05) is 5.32 Å². The second-order valence-electron chi connectivity index (χ2n) is 4.91. The van der Waals surface area contributed by atoms with E-state index in [4.69, 9.17) is 21.4 Å². The number of carbonyl (C=O) groups is 1. The van der Waals surface area contributed by atoms with Crippen LogP contribution in [0.15, 0.2) is 78.9 Å². The smallest absolute Gasteiger partial charge is 0.259 e. The highest BCUT2D eigenvalue weighted by atomic mass is 35.5. The number of nitrogens with one attached hydrogen (secondary N) is 1. The molecule has 3 aromatic carbocycles. The predicted octanol–water partition coefficient (Wildman–Crippen LogP) is 4.97. The topological polar surface area (TPSA) is 47.6 Å². The minimum atomic E-state index is -0.292. The maximum Gasteiger partial charge on any atom is 0.259 e. The number of anilines is 1. The van der Waals surface area contributed by atoms with Crippen molar-refractivity contribution in [2.45, 2.75) is 0 Å². The van der Waals surface area contributed by atoms with E-state index < -0.39 is 0 Å². The van der Waals surface area contributed by atoms with Gasteiger partial charge in [-0.2, -0.15) is 0 Å². The van der Waals surface area contributed by atoms with Crippen molar-refractivity contribution in [3.63, 3.8) is 0 Å². The number of amides is 1. The van der Waals surface area contributed by atoms with E-state index in [9.17, 15) is 4.79 Å². The number of para-hydroxylation sites is 3. The summed E-state index contributed by atoms with van der Waals surface area (Å²) >= 11 is 6.02. The van der Waals surface area contributed by atoms with Crippen molar-refractivity contribution in [2.24, 2.45) is 0 Å². The Labute approximate surface area is 144 Å². The number of carbonyl (C=O) groups excluding carboxylic acids is 1. The zero-order valence-corrected chi connectivity index (χ0v) is 13.4. The molecule has 3 rings (SSSR count). The molecule has 4 nitrogen and oxygen atoms in total.